The van der Waals surface area contributed by atoms with Crippen LogP contribution in [0.15, 0.2) is 200 Å². The predicted molar refractivity (Wildman–Crippen MR) is 317 cm³/mol. The van der Waals surface area contributed by atoms with Gasteiger partial charge in [-0.05, 0) is 12.1 Å². The monoisotopic (exact) mass is 1190 g/mol. The zero-order chi connectivity index (χ0) is 59.9. The Morgan fingerprint density at radius 2 is 1.31 bits per heavy atom. The second kappa shape index (κ2) is 20.5. The number of aromatic nitrogens is 3. The van der Waals surface area contributed by atoms with Crippen molar-refractivity contribution < 1.29 is 33.7 Å². The molecule has 8 heteroatoms. The first-order valence-electron chi connectivity index (χ1n) is 29.8. The SMILES string of the molecule is [2H]c1c([2H])c([2H])c(-c2cc(C(C)(C)C(C)(C)C)cc(-c3ccc(C(C)(C)C)cc3)c2-n2[c](=[Pt])n(-c3[c-]c(Oc4cc(C([2H])([2H])C(C)C)cc(N5B(c6ccccc6)N(c6ccccc6)c6ccc[c-]c65)n4)ccc3)c3ccccc32)c([2H])c1[2H]. The Labute approximate surface area is 477 Å². The van der Waals surface area contributed by atoms with Crippen molar-refractivity contribution >= 4 is 46.4 Å². The average Bonchev–Trinajstić information content (AvgIpc) is 1.49. The van der Waals surface area contributed by atoms with Crippen LogP contribution in [0.2, 0.25) is 0 Å². The number of nitrogens with zero attached hydrogens (tertiary/aromatic N) is 5. The first-order valence-corrected chi connectivity index (χ1v) is 27.4. The number of fused-ring (bicyclic) bond motifs is 2. The molecule has 0 saturated carbocycles. The Bertz CT molecular complexity index is 4200. The number of hydrogen-bond donors (Lipinski definition) is 0. The van der Waals surface area contributed by atoms with Crippen molar-refractivity contribution in [1.29, 1.82) is 0 Å². The maximum atomic E-state index is 9.54. The second-order valence-corrected chi connectivity index (χ2v) is 23.7. The Balaban J connectivity index is 1.12. The number of anilines is 4. The van der Waals surface area contributed by atoms with Crippen molar-refractivity contribution in [3.63, 3.8) is 0 Å². The van der Waals surface area contributed by atoms with Gasteiger partial charge in [-0.2, -0.15) is 12.1 Å². The van der Waals surface area contributed by atoms with Crippen molar-refractivity contribution in [3.8, 4) is 45.3 Å². The van der Waals surface area contributed by atoms with Crippen molar-refractivity contribution in [2.24, 2.45) is 11.3 Å². The molecule has 0 aliphatic carbocycles. The molecule has 0 fully saturated rings. The molecular weight excluding hydrogens is 1120 g/mol. The summed E-state index contributed by atoms with van der Waals surface area (Å²) in [5.74, 6) is 0.580. The number of pyridine rings is 1. The van der Waals surface area contributed by atoms with Crippen LogP contribution in [-0.4, -0.2) is 21.1 Å². The summed E-state index contributed by atoms with van der Waals surface area (Å²) < 4.78 is 76.5. The van der Waals surface area contributed by atoms with Crippen LogP contribution in [0.5, 0.6) is 11.6 Å². The first-order chi connectivity index (χ1) is 39.8. The normalized spacial score (nSPS) is 14.5. The van der Waals surface area contributed by atoms with E-state index in [1.54, 1.807) is 6.07 Å². The standard InChI is InChI=1S/C69H66BN5O.Pt/c1-48(2)41-49-42-64(75-63-36-23-22-35-62(63)74(55-29-18-13-19-30-55)70(75)54-27-16-12-17-28-54)71-65(43-49)76-57-32-24-31-56(46-57)72-47-73(61-34-21-20-33-60(61)72)66-58(50-25-14-11-15-26-50)44-53(69(9,10)68(6,7)8)45-59(66)51-37-39-52(40-38-51)67(3,4)5;/h11-35,37-40,42-45,48H,41H2,1-10H3;/q-2;/i11D,14D,15D,25D,26D,41D2;. The van der Waals surface area contributed by atoms with Gasteiger partial charge in [0.05, 0.1) is 0 Å². The van der Waals surface area contributed by atoms with Gasteiger partial charge in [-0.15, -0.1) is 6.07 Å². The van der Waals surface area contributed by atoms with E-state index >= 15 is 0 Å². The first kappa shape index (κ1) is 43.6. The van der Waals surface area contributed by atoms with Gasteiger partial charge in [-0.1, -0.05) is 48.5 Å². The minimum absolute atomic E-state index is 0.103. The quantitative estimate of drug-likeness (QED) is 0.0903. The van der Waals surface area contributed by atoms with Crippen LogP contribution in [0.1, 0.15) is 95.5 Å². The molecule has 0 saturated heterocycles. The Kier molecular flexibility index (Phi) is 11.6. The maximum absolute atomic E-state index is 9.54. The van der Waals surface area contributed by atoms with Gasteiger partial charge in [0.25, 0.3) is 0 Å². The van der Waals surface area contributed by atoms with Crippen LogP contribution in [0.3, 0.4) is 0 Å². The van der Waals surface area contributed by atoms with Crippen molar-refractivity contribution in [1.82, 2.24) is 14.1 Å². The summed E-state index contributed by atoms with van der Waals surface area (Å²) in [4.78, 5) is 9.63. The van der Waals surface area contributed by atoms with Gasteiger partial charge in [-0.3, -0.25) is 0 Å². The molecule has 3 heterocycles. The van der Waals surface area contributed by atoms with Crippen LogP contribution in [0.25, 0.3) is 44.7 Å². The van der Waals surface area contributed by atoms with E-state index in [0.717, 1.165) is 55.8 Å². The van der Waals surface area contributed by atoms with E-state index in [0.29, 0.717) is 37.9 Å². The number of hydrogen-bond acceptors (Lipinski definition) is 4. The number of imidazole rings is 1. The molecule has 0 amide bonds. The van der Waals surface area contributed by atoms with Crippen molar-refractivity contribution in [2.45, 2.75) is 86.4 Å². The zero-order valence-electron chi connectivity index (χ0n) is 52.3. The van der Waals surface area contributed by atoms with E-state index in [4.69, 9.17) is 13.8 Å². The van der Waals surface area contributed by atoms with Crippen LogP contribution >= 0.6 is 0 Å². The molecule has 0 N–H and O–H groups in total. The summed E-state index contributed by atoms with van der Waals surface area (Å²) in [6.07, 6.45) is -1.79. The minimum atomic E-state index is -1.79. The molecule has 1 aliphatic heterocycles. The zero-order valence-corrected chi connectivity index (χ0v) is 47.6. The van der Waals surface area contributed by atoms with Gasteiger partial charge in [0.15, 0.2) is 0 Å². The molecule has 2 aromatic heterocycles. The number of ether oxygens (including phenoxy) is 1. The summed E-state index contributed by atoms with van der Waals surface area (Å²) in [6.45, 7) is 20.9. The molecule has 0 unspecified atom stereocenters. The van der Waals surface area contributed by atoms with E-state index < -0.39 is 42.8 Å². The molecule has 0 atom stereocenters. The third-order valence-electron chi connectivity index (χ3n) is 15.1. The second-order valence-electron chi connectivity index (χ2n) is 22.6. The third kappa shape index (κ3) is 9.85. The Morgan fingerprint density at radius 3 is 1.97 bits per heavy atom. The molecule has 77 heavy (non-hydrogen) atoms. The fourth-order valence-corrected chi connectivity index (χ4v) is 11.3. The average molecular weight is 1190 g/mol. The Morgan fingerprint density at radius 1 is 0.662 bits per heavy atom. The molecule has 11 rings (SSSR count). The molecule has 0 spiro atoms. The number of rotatable bonds is 12. The fraction of sp³-hybridized carbons (Fsp3) is 0.217. The van der Waals surface area contributed by atoms with Crippen LogP contribution in [0, 0.1) is 27.3 Å². The summed E-state index contributed by atoms with van der Waals surface area (Å²) in [6, 6.07) is 61.6. The molecule has 0 radical (unpaired) electrons. The summed E-state index contributed by atoms with van der Waals surface area (Å²) in [5.41, 5.74) is 10.5. The van der Waals surface area contributed by atoms with Gasteiger partial charge in [0, 0.05) is 5.69 Å². The van der Waals surface area contributed by atoms with E-state index in [-0.39, 0.29) is 34.4 Å². The van der Waals surface area contributed by atoms with E-state index in [9.17, 15) is 5.48 Å². The van der Waals surface area contributed by atoms with Crippen molar-refractivity contribution in [2.75, 3.05) is 9.62 Å². The van der Waals surface area contributed by atoms with Crippen LogP contribution in [0.4, 0.5) is 22.9 Å². The summed E-state index contributed by atoms with van der Waals surface area (Å²) >= 11 is 2.33. The van der Waals surface area contributed by atoms with E-state index in [2.05, 4.69) is 166 Å². The van der Waals surface area contributed by atoms with Gasteiger partial charge in [0.2, 0.25) is 0 Å². The number of benzene rings is 8. The van der Waals surface area contributed by atoms with E-state index in [1.807, 2.05) is 117 Å². The molecule has 8 aromatic carbocycles. The van der Waals surface area contributed by atoms with Gasteiger partial charge < -0.3 is 0 Å². The van der Waals surface area contributed by atoms with Crippen LogP contribution < -0.4 is 19.8 Å². The van der Waals surface area contributed by atoms with Crippen molar-refractivity contribution in [3.05, 3.63) is 233 Å². The van der Waals surface area contributed by atoms with Gasteiger partial charge in [0.1, 0.15) is 0 Å². The summed E-state index contributed by atoms with van der Waals surface area (Å²) in [7, 11) is 0. The molecule has 10 aromatic rings. The molecular formula is C69H66BN5OPt-2. The summed E-state index contributed by atoms with van der Waals surface area (Å²) in [5, 5.41) is 0. The van der Waals surface area contributed by atoms with Gasteiger partial charge >= 0.3 is 395 Å². The van der Waals surface area contributed by atoms with Gasteiger partial charge in [-0.25, -0.2) is 0 Å². The third-order valence-corrected chi connectivity index (χ3v) is 16.1. The predicted octanol–water partition coefficient (Wildman–Crippen LogP) is 17.1. The number of para-hydroxylation sites is 4. The van der Waals surface area contributed by atoms with Crippen LogP contribution in [-0.2, 0) is 36.6 Å². The van der Waals surface area contributed by atoms with E-state index in [1.165, 1.54) is 0 Å². The molecule has 6 nitrogen and oxygen atoms in total. The fourth-order valence-electron chi connectivity index (χ4n) is 10.2. The molecule has 1 aliphatic rings. The molecule has 388 valence electrons. The topological polar surface area (TPSA) is 38.5 Å². The Hall–Kier alpha value is -7.47. The molecule has 0 bridgehead atoms.